The van der Waals surface area contributed by atoms with Gasteiger partial charge >= 0.3 is 5.97 Å². The van der Waals surface area contributed by atoms with Crippen molar-refractivity contribution in [1.29, 1.82) is 0 Å². The number of nitrogens with one attached hydrogen (secondary N) is 1. The number of aromatic carboxylic acids is 1. The van der Waals surface area contributed by atoms with Gasteiger partial charge in [0.1, 0.15) is 11.3 Å². The Bertz CT molecular complexity index is 705. The van der Waals surface area contributed by atoms with Crippen LogP contribution in [0.2, 0.25) is 0 Å². The number of carbonyl (C=O) groups is 1. The lowest BCUT2D eigenvalue weighted by molar-refractivity contribution is 0.0693. The summed E-state index contributed by atoms with van der Waals surface area (Å²) in [5.41, 5.74) is 2.17. The fourth-order valence-corrected chi connectivity index (χ4v) is 1.86. The molecular formula is C19H17NO3. The van der Waals surface area contributed by atoms with Gasteiger partial charge in [-0.25, -0.2) is 4.79 Å². The van der Waals surface area contributed by atoms with E-state index >= 15 is 0 Å². The molecular weight excluding hydrogens is 290 g/mol. The first kappa shape index (κ1) is 16.1. The minimum Gasteiger partial charge on any atom is -0.507 e. The van der Waals surface area contributed by atoms with E-state index in [1.54, 1.807) is 12.1 Å². The molecule has 0 amide bonds. The summed E-state index contributed by atoms with van der Waals surface area (Å²) in [4.78, 5) is 10.3. The number of hydrogen-bond acceptors (Lipinski definition) is 3. The maximum atomic E-state index is 10.3. The van der Waals surface area contributed by atoms with Crippen molar-refractivity contribution in [3.63, 3.8) is 0 Å². The molecule has 4 nitrogen and oxygen atoms in total. The first-order valence-electron chi connectivity index (χ1n) is 7.05. The molecule has 4 heteroatoms. The number of rotatable bonds is 3. The molecule has 0 unspecified atom stereocenters. The Labute approximate surface area is 134 Å². The molecule has 23 heavy (non-hydrogen) atoms. The number of phenols is 1. The minimum absolute atomic E-state index is 0.0671. The van der Waals surface area contributed by atoms with Gasteiger partial charge in [-0.15, -0.1) is 0 Å². The minimum atomic E-state index is -1.11. The number of benzene rings is 3. The SMILES string of the molecule is O=C(O)c1ccccc1O.c1ccc(Nc2ccccc2)cc1. The fraction of sp³-hybridized carbons (Fsp3) is 0. The Kier molecular flexibility index (Phi) is 5.77. The maximum Gasteiger partial charge on any atom is 0.339 e. The molecule has 0 fully saturated rings. The Hall–Kier alpha value is -3.27. The van der Waals surface area contributed by atoms with Gasteiger partial charge in [0.2, 0.25) is 0 Å². The van der Waals surface area contributed by atoms with E-state index in [4.69, 9.17) is 10.2 Å². The zero-order chi connectivity index (χ0) is 16.5. The van der Waals surface area contributed by atoms with E-state index in [0.29, 0.717) is 0 Å². The second-order valence-electron chi connectivity index (χ2n) is 4.68. The van der Waals surface area contributed by atoms with Crippen LogP contribution in [0.25, 0.3) is 0 Å². The smallest absolute Gasteiger partial charge is 0.339 e. The van der Waals surface area contributed by atoms with Gasteiger partial charge in [-0.2, -0.15) is 0 Å². The highest BCUT2D eigenvalue weighted by atomic mass is 16.4. The summed E-state index contributed by atoms with van der Waals surface area (Å²) in [6.45, 7) is 0. The summed E-state index contributed by atoms with van der Waals surface area (Å²) in [6.07, 6.45) is 0. The average molecular weight is 307 g/mol. The van der Waals surface area contributed by atoms with E-state index in [1.807, 2.05) is 60.7 Å². The third-order valence-electron chi connectivity index (χ3n) is 2.97. The van der Waals surface area contributed by atoms with Crippen LogP contribution in [0.15, 0.2) is 84.9 Å². The van der Waals surface area contributed by atoms with E-state index in [1.165, 1.54) is 12.1 Å². The first-order chi connectivity index (χ1) is 11.2. The number of anilines is 2. The molecule has 0 spiro atoms. The number of aromatic hydroxyl groups is 1. The van der Waals surface area contributed by atoms with Gasteiger partial charge in [0.25, 0.3) is 0 Å². The molecule has 0 aromatic heterocycles. The quantitative estimate of drug-likeness (QED) is 0.665. The highest BCUT2D eigenvalue weighted by molar-refractivity contribution is 5.90. The first-order valence-corrected chi connectivity index (χ1v) is 7.05. The van der Waals surface area contributed by atoms with Crippen molar-refractivity contribution >= 4 is 17.3 Å². The highest BCUT2D eigenvalue weighted by Gasteiger charge is 2.05. The lowest BCUT2D eigenvalue weighted by Crippen LogP contribution is -1.95. The van der Waals surface area contributed by atoms with Crippen LogP contribution < -0.4 is 5.32 Å². The number of hydrogen-bond donors (Lipinski definition) is 3. The molecule has 0 bridgehead atoms. The molecule has 3 rings (SSSR count). The van der Waals surface area contributed by atoms with Gasteiger partial charge in [0.05, 0.1) is 0 Å². The fourth-order valence-electron chi connectivity index (χ4n) is 1.86. The molecule has 0 aliphatic rings. The summed E-state index contributed by atoms with van der Waals surface area (Å²) in [5, 5.41) is 20.6. The number of para-hydroxylation sites is 3. The van der Waals surface area contributed by atoms with E-state index < -0.39 is 5.97 Å². The molecule has 0 radical (unpaired) electrons. The second kappa shape index (κ2) is 8.24. The zero-order valence-electron chi connectivity index (χ0n) is 12.4. The van der Waals surface area contributed by atoms with Crippen molar-refractivity contribution < 1.29 is 15.0 Å². The van der Waals surface area contributed by atoms with Crippen molar-refractivity contribution in [2.75, 3.05) is 5.32 Å². The van der Waals surface area contributed by atoms with Gasteiger partial charge in [0.15, 0.2) is 0 Å². The second-order valence-corrected chi connectivity index (χ2v) is 4.68. The van der Waals surface area contributed by atoms with Gasteiger partial charge < -0.3 is 15.5 Å². The summed E-state index contributed by atoms with van der Waals surface area (Å²) in [5.74, 6) is -1.31. The zero-order valence-corrected chi connectivity index (χ0v) is 12.4. The van der Waals surface area contributed by atoms with Crippen molar-refractivity contribution in [2.24, 2.45) is 0 Å². The van der Waals surface area contributed by atoms with Crippen LogP contribution in [0.1, 0.15) is 10.4 Å². The molecule has 3 aromatic rings. The van der Waals surface area contributed by atoms with Gasteiger partial charge in [-0.3, -0.25) is 0 Å². The Morgan fingerprint density at radius 1 is 0.696 bits per heavy atom. The molecule has 0 saturated heterocycles. The summed E-state index contributed by atoms with van der Waals surface area (Å²) < 4.78 is 0. The largest absolute Gasteiger partial charge is 0.507 e. The molecule has 116 valence electrons. The molecule has 0 aliphatic carbocycles. The van der Waals surface area contributed by atoms with Gasteiger partial charge in [-0.05, 0) is 36.4 Å². The van der Waals surface area contributed by atoms with Crippen LogP contribution in [-0.2, 0) is 0 Å². The van der Waals surface area contributed by atoms with Crippen molar-refractivity contribution in [1.82, 2.24) is 0 Å². The van der Waals surface area contributed by atoms with Crippen LogP contribution in [0.5, 0.6) is 5.75 Å². The monoisotopic (exact) mass is 307 g/mol. The molecule has 0 atom stereocenters. The summed E-state index contributed by atoms with van der Waals surface area (Å²) in [6, 6.07) is 26.1. The molecule has 0 saturated carbocycles. The Morgan fingerprint density at radius 3 is 1.52 bits per heavy atom. The van der Waals surface area contributed by atoms with Crippen molar-refractivity contribution in [3.05, 3.63) is 90.5 Å². The lowest BCUT2D eigenvalue weighted by atomic mass is 10.2. The van der Waals surface area contributed by atoms with E-state index in [2.05, 4.69) is 5.32 Å². The third-order valence-corrected chi connectivity index (χ3v) is 2.97. The normalized spacial score (nSPS) is 9.39. The predicted octanol–water partition coefficient (Wildman–Crippen LogP) is 4.52. The predicted molar refractivity (Wildman–Crippen MR) is 91.2 cm³/mol. The van der Waals surface area contributed by atoms with Crippen molar-refractivity contribution in [3.8, 4) is 5.75 Å². The number of carboxylic acid groups (broad SMARTS) is 1. The standard InChI is InChI=1S/C12H11N.C7H6O3/c1-3-7-11(8-4-1)13-12-9-5-2-6-10-12;8-6-4-2-1-3-5(6)7(9)10/h1-10,13H;1-4,8H,(H,9,10). The van der Waals surface area contributed by atoms with E-state index in [-0.39, 0.29) is 11.3 Å². The Morgan fingerprint density at radius 2 is 1.13 bits per heavy atom. The summed E-state index contributed by atoms with van der Waals surface area (Å²) in [7, 11) is 0. The average Bonchev–Trinajstić information content (AvgIpc) is 2.57. The molecule has 3 N–H and O–H groups in total. The van der Waals surface area contributed by atoms with Crippen LogP contribution in [0.4, 0.5) is 11.4 Å². The van der Waals surface area contributed by atoms with Crippen LogP contribution in [-0.4, -0.2) is 16.2 Å². The number of carboxylic acids is 1. The highest BCUT2D eigenvalue weighted by Crippen LogP contribution is 2.15. The van der Waals surface area contributed by atoms with E-state index in [9.17, 15) is 4.79 Å². The van der Waals surface area contributed by atoms with Gasteiger partial charge in [-0.1, -0.05) is 48.5 Å². The van der Waals surface area contributed by atoms with Crippen molar-refractivity contribution in [2.45, 2.75) is 0 Å². The molecule has 3 aromatic carbocycles. The maximum absolute atomic E-state index is 10.3. The van der Waals surface area contributed by atoms with E-state index in [0.717, 1.165) is 11.4 Å². The third kappa shape index (κ3) is 5.21. The molecule has 0 heterocycles. The van der Waals surface area contributed by atoms with Crippen LogP contribution >= 0.6 is 0 Å². The van der Waals surface area contributed by atoms with Crippen LogP contribution in [0, 0.1) is 0 Å². The summed E-state index contributed by atoms with van der Waals surface area (Å²) >= 11 is 0. The topological polar surface area (TPSA) is 69.6 Å². The van der Waals surface area contributed by atoms with Crippen LogP contribution in [0.3, 0.4) is 0 Å². The Balaban J connectivity index is 0.000000174. The lowest BCUT2D eigenvalue weighted by Gasteiger charge is -2.04. The molecule has 0 aliphatic heterocycles. The van der Waals surface area contributed by atoms with Gasteiger partial charge in [0, 0.05) is 11.4 Å².